The summed E-state index contributed by atoms with van der Waals surface area (Å²) in [5.41, 5.74) is 1.84. The van der Waals surface area contributed by atoms with Crippen LogP contribution in [0.2, 0.25) is 0 Å². The second-order valence-corrected chi connectivity index (χ2v) is 5.82. The molecule has 0 aliphatic rings. The Morgan fingerprint density at radius 2 is 1.92 bits per heavy atom. The summed E-state index contributed by atoms with van der Waals surface area (Å²) in [6.07, 6.45) is 2.01. The first-order valence-corrected chi connectivity index (χ1v) is 7.66. The number of aromatic hydroxyl groups is 2. The van der Waals surface area contributed by atoms with Gasteiger partial charge in [-0.25, -0.2) is 10.2 Å². The maximum absolute atomic E-state index is 12.2. The standard InChI is InChI=1S/C16H24N2O6/c1-16(18-17,10-11-6-7-12(19)13(20)9-11)15(23)24-8-4-2-3-5-14(21)22/h6-7,9,18-20H,2-5,8,10,17H2,1H3,(H,21,22)/t16-/m0/s1. The van der Waals surface area contributed by atoms with Crippen molar-refractivity contribution < 1.29 is 29.6 Å². The number of carboxylic acid groups (broad SMARTS) is 1. The van der Waals surface area contributed by atoms with E-state index in [1.807, 2.05) is 0 Å². The fourth-order valence-corrected chi connectivity index (χ4v) is 2.15. The number of hydrogen-bond acceptors (Lipinski definition) is 7. The molecule has 1 aromatic rings. The van der Waals surface area contributed by atoms with Crippen molar-refractivity contribution in [3.63, 3.8) is 0 Å². The van der Waals surface area contributed by atoms with Crippen molar-refractivity contribution in [2.75, 3.05) is 6.61 Å². The maximum Gasteiger partial charge on any atom is 0.327 e. The van der Waals surface area contributed by atoms with E-state index in [1.54, 1.807) is 13.0 Å². The van der Waals surface area contributed by atoms with Gasteiger partial charge in [-0.1, -0.05) is 6.07 Å². The number of aliphatic carboxylic acids is 1. The summed E-state index contributed by atoms with van der Waals surface area (Å²) in [4.78, 5) is 22.6. The zero-order valence-electron chi connectivity index (χ0n) is 13.6. The number of benzene rings is 1. The lowest BCUT2D eigenvalue weighted by atomic mass is 9.93. The molecule has 0 saturated carbocycles. The molecule has 24 heavy (non-hydrogen) atoms. The van der Waals surface area contributed by atoms with E-state index in [9.17, 15) is 19.8 Å². The predicted octanol–water partition coefficient (Wildman–Crippen LogP) is 1.05. The molecule has 8 heteroatoms. The lowest BCUT2D eigenvalue weighted by Gasteiger charge is -2.26. The van der Waals surface area contributed by atoms with Crippen molar-refractivity contribution in [2.24, 2.45) is 5.84 Å². The monoisotopic (exact) mass is 340 g/mol. The van der Waals surface area contributed by atoms with Gasteiger partial charge in [0.2, 0.25) is 0 Å². The molecule has 0 aliphatic heterocycles. The minimum Gasteiger partial charge on any atom is -0.504 e. The Hall–Kier alpha value is -2.32. The van der Waals surface area contributed by atoms with Gasteiger partial charge >= 0.3 is 11.9 Å². The van der Waals surface area contributed by atoms with E-state index < -0.39 is 17.5 Å². The number of nitrogens with one attached hydrogen (secondary N) is 1. The molecule has 0 amide bonds. The number of hydrogen-bond donors (Lipinski definition) is 5. The lowest BCUT2D eigenvalue weighted by Crippen LogP contribution is -2.55. The van der Waals surface area contributed by atoms with Crippen molar-refractivity contribution >= 4 is 11.9 Å². The first-order valence-electron chi connectivity index (χ1n) is 7.66. The van der Waals surface area contributed by atoms with Crippen LogP contribution in [-0.4, -0.2) is 39.4 Å². The Bertz CT molecular complexity index is 578. The molecule has 0 radical (unpaired) electrons. The molecule has 0 unspecified atom stereocenters. The highest BCUT2D eigenvalue weighted by Crippen LogP contribution is 2.27. The molecule has 0 spiro atoms. The van der Waals surface area contributed by atoms with Gasteiger partial charge < -0.3 is 20.1 Å². The van der Waals surface area contributed by atoms with E-state index in [1.165, 1.54) is 12.1 Å². The summed E-state index contributed by atoms with van der Waals surface area (Å²) in [5.74, 6) is 3.57. The van der Waals surface area contributed by atoms with Crippen molar-refractivity contribution in [1.29, 1.82) is 0 Å². The van der Waals surface area contributed by atoms with E-state index in [0.717, 1.165) is 0 Å². The molecule has 0 fully saturated rings. The van der Waals surface area contributed by atoms with E-state index in [-0.39, 0.29) is 30.9 Å². The van der Waals surface area contributed by atoms with Crippen LogP contribution in [0.3, 0.4) is 0 Å². The molecule has 0 saturated heterocycles. The zero-order valence-corrected chi connectivity index (χ0v) is 13.6. The molecule has 1 aromatic carbocycles. The van der Waals surface area contributed by atoms with Crippen LogP contribution in [0, 0.1) is 0 Å². The van der Waals surface area contributed by atoms with Crippen LogP contribution in [0.5, 0.6) is 11.5 Å². The number of esters is 1. The number of phenols is 2. The van der Waals surface area contributed by atoms with Crippen LogP contribution < -0.4 is 11.3 Å². The minimum atomic E-state index is -1.19. The highest BCUT2D eigenvalue weighted by molar-refractivity contribution is 5.80. The molecule has 1 atom stereocenters. The highest BCUT2D eigenvalue weighted by atomic mass is 16.5. The summed E-state index contributed by atoms with van der Waals surface area (Å²) < 4.78 is 5.19. The van der Waals surface area contributed by atoms with Crippen molar-refractivity contribution in [1.82, 2.24) is 5.43 Å². The van der Waals surface area contributed by atoms with Crippen LogP contribution in [0.15, 0.2) is 18.2 Å². The molecular weight excluding hydrogens is 316 g/mol. The van der Waals surface area contributed by atoms with Crippen LogP contribution in [0.1, 0.15) is 38.2 Å². The fourth-order valence-electron chi connectivity index (χ4n) is 2.15. The normalized spacial score (nSPS) is 13.2. The summed E-state index contributed by atoms with van der Waals surface area (Å²) >= 11 is 0. The second kappa shape index (κ2) is 9.09. The summed E-state index contributed by atoms with van der Waals surface area (Å²) in [6, 6.07) is 4.25. The summed E-state index contributed by atoms with van der Waals surface area (Å²) in [5, 5.41) is 27.4. The van der Waals surface area contributed by atoms with Crippen LogP contribution >= 0.6 is 0 Å². The molecule has 0 aromatic heterocycles. The number of ether oxygens (including phenoxy) is 1. The number of carbonyl (C=O) groups is 2. The Balaban J connectivity index is 2.51. The number of unbranched alkanes of at least 4 members (excludes halogenated alkanes) is 2. The van der Waals surface area contributed by atoms with Crippen molar-refractivity contribution in [3.8, 4) is 11.5 Å². The lowest BCUT2D eigenvalue weighted by molar-refractivity contribution is -0.151. The van der Waals surface area contributed by atoms with E-state index in [4.69, 9.17) is 15.7 Å². The summed E-state index contributed by atoms with van der Waals surface area (Å²) in [6.45, 7) is 1.75. The number of phenolic OH excluding ortho intramolecular Hbond substituents is 2. The van der Waals surface area contributed by atoms with E-state index in [2.05, 4.69) is 5.43 Å². The van der Waals surface area contributed by atoms with Gasteiger partial charge in [0, 0.05) is 12.8 Å². The fraction of sp³-hybridized carbons (Fsp3) is 0.500. The third-order valence-corrected chi connectivity index (χ3v) is 3.63. The van der Waals surface area contributed by atoms with E-state index in [0.29, 0.717) is 24.8 Å². The number of hydrazine groups is 1. The van der Waals surface area contributed by atoms with Gasteiger partial charge in [0.05, 0.1) is 6.61 Å². The molecular formula is C16H24N2O6. The SMILES string of the molecule is C[C@@](Cc1ccc(O)c(O)c1)(NN)C(=O)OCCCCCC(=O)O. The van der Waals surface area contributed by atoms with Gasteiger partial charge in [-0.15, -0.1) is 0 Å². The number of rotatable bonds is 10. The average Bonchev–Trinajstić information content (AvgIpc) is 2.53. The predicted molar refractivity (Wildman–Crippen MR) is 86.3 cm³/mol. The quantitative estimate of drug-likeness (QED) is 0.140. The molecule has 6 N–H and O–H groups in total. The van der Waals surface area contributed by atoms with Crippen molar-refractivity contribution in [3.05, 3.63) is 23.8 Å². The first kappa shape index (κ1) is 19.7. The van der Waals surface area contributed by atoms with Gasteiger partial charge in [0.15, 0.2) is 11.5 Å². The van der Waals surface area contributed by atoms with Crippen LogP contribution in [-0.2, 0) is 20.7 Å². The molecule has 134 valence electrons. The third kappa shape index (κ3) is 6.05. The van der Waals surface area contributed by atoms with Gasteiger partial charge in [-0.2, -0.15) is 0 Å². The third-order valence-electron chi connectivity index (χ3n) is 3.63. The van der Waals surface area contributed by atoms with E-state index >= 15 is 0 Å². The van der Waals surface area contributed by atoms with Gasteiger partial charge in [0.25, 0.3) is 0 Å². The first-order chi connectivity index (χ1) is 11.3. The molecule has 1 rings (SSSR count). The largest absolute Gasteiger partial charge is 0.504 e. The van der Waals surface area contributed by atoms with Crippen molar-refractivity contribution in [2.45, 2.75) is 44.6 Å². The number of carboxylic acids is 1. The smallest absolute Gasteiger partial charge is 0.327 e. The average molecular weight is 340 g/mol. The Morgan fingerprint density at radius 1 is 1.21 bits per heavy atom. The zero-order chi connectivity index (χ0) is 18.2. The topological polar surface area (TPSA) is 142 Å². The maximum atomic E-state index is 12.2. The van der Waals surface area contributed by atoms with Crippen LogP contribution in [0.25, 0.3) is 0 Å². The Morgan fingerprint density at radius 3 is 2.50 bits per heavy atom. The molecule has 0 aliphatic carbocycles. The van der Waals surface area contributed by atoms with Gasteiger partial charge in [-0.3, -0.25) is 10.6 Å². The Labute approximate surface area is 140 Å². The minimum absolute atomic E-state index is 0.0976. The highest BCUT2D eigenvalue weighted by Gasteiger charge is 2.34. The van der Waals surface area contributed by atoms with Gasteiger partial charge in [0.1, 0.15) is 5.54 Å². The number of carbonyl (C=O) groups excluding carboxylic acids is 1. The number of nitrogens with two attached hydrogens (primary N) is 1. The Kier molecular flexibility index (Phi) is 7.47. The molecule has 8 nitrogen and oxygen atoms in total. The molecule has 0 bridgehead atoms. The molecule has 0 heterocycles. The van der Waals surface area contributed by atoms with Gasteiger partial charge in [-0.05, 0) is 43.9 Å². The summed E-state index contributed by atoms with van der Waals surface area (Å²) in [7, 11) is 0. The van der Waals surface area contributed by atoms with Crippen LogP contribution in [0.4, 0.5) is 0 Å². The second-order valence-electron chi connectivity index (χ2n) is 5.82.